The molecule has 3 aliphatic heterocycles. The molecule has 2 amide bonds. The van der Waals surface area contributed by atoms with Crippen LogP contribution >= 0.6 is 0 Å². The van der Waals surface area contributed by atoms with Crippen LogP contribution in [-0.2, 0) is 29.1 Å². The van der Waals surface area contributed by atoms with E-state index in [0.717, 1.165) is 140 Å². The summed E-state index contributed by atoms with van der Waals surface area (Å²) in [6.45, 7) is 6.19. The Morgan fingerprint density at radius 3 is 1.32 bits per heavy atom. The molecule has 21 nitrogen and oxygen atoms in total. The van der Waals surface area contributed by atoms with Gasteiger partial charge < -0.3 is 30.1 Å². The molecule has 0 atom stereocenters. The Morgan fingerprint density at radius 2 is 0.966 bits per heavy atom. The summed E-state index contributed by atoms with van der Waals surface area (Å²) in [7, 11) is -4.17. The second-order valence-electron chi connectivity index (χ2n) is 23.2. The number of para-hydroxylation sites is 2. The summed E-state index contributed by atoms with van der Waals surface area (Å²) in [5.74, 6) is -2.79. The van der Waals surface area contributed by atoms with Gasteiger partial charge in [-0.05, 0) is 119 Å². The summed E-state index contributed by atoms with van der Waals surface area (Å²) in [6, 6.07) is 29.3. The summed E-state index contributed by atoms with van der Waals surface area (Å²) in [5, 5.41) is 19.6. The van der Waals surface area contributed by atoms with Crippen LogP contribution in [-0.4, -0.2) is 176 Å². The van der Waals surface area contributed by atoms with E-state index < -0.39 is 60.3 Å². The van der Waals surface area contributed by atoms with Crippen LogP contribution < -0.4 is 15.5 Å². The lowest BCUT2D eigenvalue weighted by Crippen LogP contribution is -2.36. The Morgan fingerprint density at radius 1 is 0.586 bits per heavy atom. The van der Waals surface area contributed by atoms with Crippen LogP contribution in [0.1, 0.15) is 136 Å². The number of aliphatic hydroxyl groups excluding tert-OH is 1. The van der Waals surface area contributed by atoms with Gasteiger partial charge in [-0.3, -0.25) is 24.1 Å². The number of aromatic nitrogens is 6. The fraction of sp³-hybridized carbons (Fsp3) is 0.469. The van der Waals surface area contributed by atoms with Crippen LogP contribution in [0.3, 0.4) is 0 Å². The molecule has 12 rings (SSSR count). The minimum atomic E-state index is -4.01. The average Bonchev–Trinajstić information content (AvgIpc) is 1.68. The van der Waals surface area contributed by atoms with E-state index >= 15 is 0 Å². The summed E-state index contributed by atoms with van der Waals surface area (Å²) < 4.78 is 65.8. The number of fused-ring (bicyclic) bond motifs is 3. The van der Waals surface area contributed by atoms with E-state index in [-0.39, 0.29) is 53.9 Å². The number of nitrogens with two attached hydrogens (primary N) is 1. The highest BCUT2D eigenvalue weighted by molar-refractivity contribution is 7.92. The summed E-state index contributed by atoms with van der Waals surface area (Å²) in [4.78, 5) is 67.7. The number of ketones is 2. The third-order valence-corrected chi connectivity index (χ3v) is 20.3. The Labute approximate surface area is 508 Å². The molecule has 7 aromatic rings. The fourth-order valence-corrected chi connectivity index (χ4v) is 14.4. The molecule has 87 heavy (non-hydrogen) atoms. The van der Waals surface area contributed by atoms with Crippen molar-refractivity contribution < 1.29 is 50.6 Å². The number of sulfone groups is 2. The van der Waals surface area contributed by atoms with Gasteiger partial charge in [0, 0.05) is 85.1 Å². The monoisotopic (exact) mass is 1230 g/mol. The second kappa shape index (κ2) is 27.8. The molecule has 2 saturated carbocycles. The fourth-order valence-electron chi connectivity index (χ4n) is 12.2. The van der Waals surface area contributed by atoms with Crippen molar-refractivity contribution in [1.29, 1.82) is 0 Å². The molecule has 4 aromatic heterocycles. The van der Waals surface area contributed by atoms with Gasteiger partial charge in [0.05, 0.1) is 67.5 Å². The van der Waals surface area contributed by atoms with Crippen LogP contribution in [0.4, 0.5) is 11.4 Å². The number of carbonyl (C=O) groups is 4. The zero-order chi connectivity index (χ0) is 61.4. The maximum atomic E-state index is 13.8. The lowest BCUT2D eigenvalue weighted by molar-refractivity contribution is 0.0663. The number of rotatable bonds is 21. The maximum absolute atomic E-state index is 13.8. The highest BCUT2D eigenvalue weighted by Crippen LogP contribution is 2.45. The number of anilines is 2. The van der Waals surface area contributed by atoms with Gasteiger partial charge in [-0.15, -0.1) is 0 Å². The summed E-state index contributed by atoms with van der Waals surface area (Å²) in [5.41, 5.74) is 12.7. The van der Waals surface area contributed by atoms with E-state index in [1.165, 1.54) is 6.42 Å². The molecule has 462 valence electrons. The van der Waals surface area contributed by atoms with Crippen molar-refractivity contribution in [3.8, 4) is 11.4 Å². The molecule has 23 heteroatoms. The van der Waals surface area contributed by atoms with Gasteiger partial charge in [0.1, 0.15) is 22.9 Å². The highest BCUT2D eigenvalue weighted by Gasteiger charge is 2.38. The van der Waals surface area contributed by atoms with E-state index in [2.05, 4.69) is 9.80 Å². The lowest BCUT2D eigenvalue weighted by atomic mass is 9.81. The van der Waals surface area contributed by atoms with Crippen molar-refractivity contribution in [1.82, 2.24) is 34.4 Å². The zero-order valence-corrected chi connectivity index (χ0v) is 51.4. The number of Topliss-reactive ketones (excluding diaryl/α,β-unsaturated/α-hetero) is 2. The van der Waals surface area contributed by atoms with Crippen molar-refractivity contribution in [2.75, 3.05) is 106 Å². The normalized spacial score (nSPS) is 17.0. The topological polar surface area (TPSA) is 272 Å². The van der Waals surface area contributed by atoms with E-state index in [1.54, 1.807) is 62.2 Å². The Hall–Kier alpha value is -7.28. The first-order chi connectivity index (χ1) is 42.0. The number of imide groups is 1. The molecule has 7 heterocycles. The molecule has 0 bridgehead atoms. The molecule has 0 unspecified atom stereocenters. The first-order valence-corrected chi connectivity index (χ1v) is 33.9. The number of aliphatic hydroxyl groups is 1. The Kier molecular flexibility index (Phi) is 20.1. The van der Waals surface area contributed by atoms with Gasteiger partial charge in [-0.1, -0.05) is 61.4 Å². The number of methoxy groups -OCH3 is 2. The molecule has 2 saturated heterocycles. The standard InChI is InChI=1S/C35H37N5O6S.C27H35N5O4S.C2H6O/c1-46-21-23-14-16-38(17-15-23)29-20-28(36-33-31(29)32(24-8-7-9-24)37-40(33)25-10-3-2-4-11-25)30(41)22-47(44,45)19-18-39-34(42)26-12-5-6-13-27(26)35(39)43;1-36-17-19-10-13-31(14-11-19)23-16-22(24(33)18-37(34,35)15-12-28)29-27-25(23)26(20-6-5-7-20)30-32(27)21-8-3-2-4-9-21;1-2-3/h2-6,10-13,20,23-24H,7-9,14-19,21-22H2,1H3;2-4,8-9,16,19-20H,5-7,10-15,17-18,28H2,1H3;3H,2H2,1H3. The van der Waals surface area contributed by atoms with Crippen LogP contribution in [0.2, 0.25) is 0 Å². The SMILES string of the molecule is CCO.COCC1CCN(c2cc(C(=O)CS(=O)(=O)CCN)nc3c2c(C2CCC2)nn3-c2ccccc2)CC1.COCC1CCN(c2cc(C(=O)CS(=O)(=O)CCN3C(=O)c4ccccc4C3=O)nc3c2c(C2CCC2)nn3-c2ccccc2)CC1. The Balaban J connectivity index is 0.000000189. The van der Waals surface area contributed by atoms with Crippen LogP contribution in [0.25, 0.3) is 33.4 Å². The Bertz CT molecular complexity index is 3800. The van der Waals surface area contributed by atoms with Crippen molar-refractivity contribution in [3.05, 3.63) is 131 Å². The molecule has 3 aromatic carbocycles. The first-order valence-electron chi connectivity index (χ1n) is 30.2. The number of ether oxygens (including phenoxy) is 2. The quantitative estimate of drug-likeness (QED) is 0.0519. The minimum Gasteiger partial charge on any atom is -0.397 e. The summed E-state index contributed by atoms with van der Waals surface area (Å²) in [6.07, 6.45) is 10.3. The van der Waals surface area contributed by atoms with Gasteiger partial charge in [0.2, 0.25) is 0 Å². The third-order valence-electron chi connectivity index (χ3n) is 17.2. The van der Waals surface area contributed by atoms with Crippen LogP contribution in [0.15, 0.2) is 97.1 Å². The molecule has 5 aliphatic rings. The van der Waals surface area contributed by atoms with Crippen LogP contribution in [0.5, 0.6) is 0 Å². The van der Waals surface area contributed by atoms with Crippen molar-refractivity contribution in [2.45, 2.75) is 83.0 Å². The van der Waals surface area contributed by atoms with E-state index in [0.29, 0.717) is 35.7 Å². The van der Waals surface area contributed by atoms with Gasteiger partial charge in [-0.2, -0.15) is 10.2 Å². The number of nitrogens with zero attached hydrogens (tertiary/aromatic N) is 9. The number of benzene rings is 3. The summed E-state index contributed by atoms with van der Waals surface area (Å²) >= 11 is 0. The van der Waals surface area contributed by atoms with Gasteiger partial charge >= 0.3 is 0 Å². The minimum absolute atomic E-state index is 0.0186. The first kappa shape index (κ1) is 62.8. The van der Waals surface area contributed by atoms with Crippen molar-refractivity contribution in [2.24, 2.45) is 17.6 Å². The molecule has 0 spiro atoms. The van der Waals surface area contributed by atoms with E-state index in [1.807, 2.05) is 65.3 Å². The number of piperidine rings is 2. The van der Waals surface area contributed by atoms with Gasteiger partial charge in [-0.25, -0.2) is 36.2 Å². The molecule has 2 aliphatic carbocycles. The second-order valence-corrected chi connectivity index (χ2v) is 27.6. The molecular formula is C64H78N10O11S2. The van der Waals surface area contributed by atoms with Gasteiger partial charge in [0.15, 0.2) is 42.5 Å². The molecule has 0 radical (unpaired) electrons. The maximum Gasteiger partial charge on any atom is 0.261 e. The zero-order valence-electron chi connectivity index (χ0n) is 49.8. The number of hydrogen-bond donors (Lipinski definition) is 2. The number of amides is 2. The van der Waals surface area contributed by atoms with Crippen molar-refractivity contribution in [3.63, 3.8) is 0 Å². The smallest absolute Gasteiger partial charge is 0.261 e. The van der Waals surface area contributed by atoms with Crippen molar-refractivity contribution >= 4 is 76.5 Å². The molecule has 4 fully saturated rings. The predicted octanol–water partition coefficient (Wildman–Crippen LogP) is 7.55. The third kappa shape index (κ3) is 14.0. The van der Waals surface area contributed by atoms with Gasteiger partial charge in [0.25, 0.3) is 11.8 Å². The number of pyridine rings is 2. The molecular weight excluding hydrogens is 1150 g/mol. The van der Waals surface area contributed by atoms with Crippen LogP contribution in [0, 0.1) is 11.8 Å². The predicted molar refractivity (Wildman–Crippen MR) is 334 cm³/mol. The van der Waals surface area contributed by atoms with E-state index in [4.69, 9.17) is 40.5 Å². The number of hydrogen-bond acceptors (Lipinski definition) is 18. The largest absolute Gasteiger partial charge is 0.397 e. The highest BCUT2D eigenvalue weighted by atomic mass is 32.2. The van der Waals surface area contributed by atoms with E-state index in [9.17, 15) is 36.0 Å². The molecule has 3 N–H and O–H groups in total. The average molecular weight is 1230 g/mol. The number of carbonyl (C=O) groups excluding carboxylic acids is 4. The lowest BCUT2D eigenvalue weighted by Gasteiger charge is -2.34.